The minimum absolute atomic E-state index is 0.0597. The molecule has 0 unspecified atom stereocenters. The van der Waals surface area contributed by atoms with E-state index in [1.807, 2.05) is 0 Å². The van der Waals surface area contributed by atoms with Gasteiger partial charge in [0.05, 0.1) is 24.8 Å². The third-order valence-corrected chi connectivity index (χ3v) is 4.65. The molecule has 0 radical (unpaired) electrons. The molecule has 5 nitrogen and oxygen atoms in total. The summed E-state index contributed by atoms with van der Waals surface area (Å²) in [5, 5.41) is 12.7. The van der Waals surface area contributed by atoms with Gasteiger partial charge in [0.2, 0.25) is 5.88 Å². The van der Waals surface area contributed by atoms with E-state index in [1.165, 1.54) is 19.2 Å². The Labute approximate surface area is 149 Å². The van der Waals surface area contributed by atoms with Gasteiger partial charge >= 0.3 is 0 Å². The number of halogens is 2. The van der Waals surface area contributed by atoms with Gasteiger partial charge in [-0.25, -0.2) is 9.37 Å². The number of benzene rings is 1. The van der Waals surface area contributed by atoms with Crippen LogP contribution in [0.5, 0.6) is 5.88 Å². The molecule has 0 saturated heterocycles. The maximum absolute atomic E-state index is 14.0. The van der Waals surface area contributed by atoms with Crippen molar-refractivity contribution in [2.24, 2.45) is 5.92 Å². The minimum atomic E-state index is -0.676. The lowest BCUT2D eigenvalue weighted by molar-refractivity contribution is 0.0234. The highest BCUT2D eigenvalue weighted by atomic mass is 35.5. The lowest BCUT2D eigenvalue weighted by Gasteiger charge is -2.38. The van der Waals surface area contributed by atoms with Crippen LogP contribution < -0.4 is 10.1 Å². The molecule has 132 valence electrons. The fraction of sp³-hybridized carbons (Fsp3) is 0.333. The highest BCUT2D eigenvalue weighted by Gasteiger charge is 2.36. The number of carbonyl (C=O) groups is 1. The number of aromatic nitrogens is 1. The minimum Gasteiger partial charge on any atom is -0.481 e. The summed E-state index contributed by atoms with van der Waals surface area (Å²) in [6.45, 7) is 0. The van der Waals surface area contributed by atoms with Gasteiger partial charge in [0.1, 0.15) is 5.82 Å². The number of carbonyl (C=O) groups excluding carboxylic acids is 1. The van der Waals surface area contributed by atoms with Crippen molar-refractivity contribution in [3.63, 3.8) is 0 Å². The fourth-order valence-electron chi connectivity index (χ4n) is 2.96. The summed E-state index contributed by atoms with van der Waals surface area (Å²) >= 11 is 5.73. The van der Waals surface area contributed by atoms with Gasteiger partial charge in [-0.05, 0) is 42.5 Å². The number of aliphatic hydroxyl groups excluding tert-OH is 1. The topological polar surface area (TPSA) is 71.5 Å². The number of nitrogens with one attached hydrogen (secondary N) is 1. The maximum atomic E-state index is 14.0. The molecule has 1 aliphatic rings. The van der Waals surface area contributed by atoms with Gasteiger partial charge in [-0.1, -0.05) is 17.7 Å². The molecular formula is C18H18ClFN2O3. The molecule has 3 rings (SSSR count). The molecule has 0 aliphatic heterocycles. The second kappa shape index (κ2) is 7.37. The Hall–Kier alpha value is -2.18. The van der Waals surface area contributed by atoms with Crippen molar-refractivity contribution >= 4 is 17.5 Å². The van der Waals surface area contributed by atoms with Crippen LogP contribution in [0, 0.1) is 11.7 Å². The van der Waals surface area contributed by atoms with Crippen LogP contribution in [0.4, 0.5) is 4.39 Å². The molecule has 0 spiro atoms. The van der Waals surface area contributed by atoms with Crippen LogP contribution in [0.3, 0.4) is 0 Å². The Kier molecular flexibility index (Phi) is 5.20. The van der Waals surface area contributed by atoms with Crippen LogP contribution in [0.15, 0.2) is 36.5 Å². The molecule has 2 N–H and O–H groups in total. The van der Waals surface area contributed by atoms with Gasteiger partial charge in [0, 0.05) is 17.3 Å². The van der Waals surface area contributed by atoms with E-state index in [2.05, 4.69) is 10.3 Å². The predicted molar refractivity (Wildman–Crippen MR) is 91.1 cm³/mol. The first-order chi connectivity index (χ1) is 12.0. The number of amides is 1. The van der Waals surface area contributed by atoms with Crippen LogP contribution in [0.1, 0.15) is 34.8 Å². The van der Waals surface area contributed by atoms with Gasteiger partial charge in [0.25, 0.3) is 5.91 Å². The summed E-state index contributed by atoms with van der Waals surface area (Å²) in [6.07, 6.45) is 2.38. The number of hydrogen-bond acceptors (Lipinski definition) is 4. The molecule has 0 bridgehead atoms. The maximum Gasteiger partial charge on any atom is 0.254 e. The normalized spacial score (nSPS) is 20.5. The van der Waals surface area contributed by atoms with Crippen LogP contribution in [0.2, 0.25) is 5.02 Å². The standard InChI is InChI=1S/C18H18ClFN2O3/c1-25-16-5-2-10(9-21-16)17(11-6-13(23)7-11)22-18(24)14-4-3-12(19)8-15(14)20/h2-5,8-9,11,13,17,23H,6-7H2,1H3,(H,22,24)/t11?,13?,17-/m0/s1. The molecule has 1 aliphatic carbocycles. The summed E-state index contributed by atoms with van der Waals surface area (Å²) in [6, 6.07) is 7.06. The molecule has 1 aromatic carbocycles. The molecule has 2 aromatic rings. The van der Waals surface area contributed by atoms with Gasteiger partial charge in [-0.15, -0.1) is 0 Å². The van der Waals surface area contributed by atoms with Crippen LogP contribution in [0.25, 0.3) is 0 Å². The predicted octanol–water partition coefficient (Wildman–Crippen LogP) is 3.12. The number of aliphatic hydroxyl groups is 1. The van der Waals surface area contributed by atoms with Crippen molar-refractivity contribution in [2.45, 2.75) is 25.0 Å². The quantitative estimate of drug-likeness (QED) is 0.855. The molecule has 1 atom stereocenters. The van der Waals surface area contributed by atoms with E-state index in [-0.39, 0.29) is 28.6 Å². The number of hydrogen-bond donors (Lipinski definition) is 2. The van der Waals surface area contributed by atoms with E-state index in [4.69, 9.17) is 16.3 Å². The Morgan fingerprint density at radius 2 is 2.16 bits per heavy atom. The lowest BCUT2D eigenvalue weighted by atomic mass is 9.75. The highest BCUT2D eigenvalue weighted by Crippen LogP contribution is 2.38. The third-order valence-electron chi connectivity index (χ3n) is 4.41. The Morgan fingerprint density at radius 3 is 2.72 bits per heavy atom. The second-order valence-electron chi connectivity index (χ2n) is 6.09. The molecule has 7 heteroatoms. The van der Waals surface area contributed by atoms with Gasteiger partial charge in [-0.2, -0.15) is 0 Å². The monoisotopic (exact) mass is 364 g/mol. The van der Waals surface area contributed by atoms with Crippen molar-refractivity contribution < 1.29 is 19.0 Å². The molecule has 1 heterocycles. The van der Waals surface area contributed by atoms with Gasteiger partial charge < -0.3 is 15.2 Å². The number of rotatable bonds is 5. The number of nitrogens with zero attached hydrogens (tertiary/aromatic N) is 1. The van der Waals surface area contributed by atoms with Crippen molar-refractivity contribution in [3.8, 4) is 5.88 Å². The molecule has 1 amide bonds. The van der Waals surface area contributed by atoms with E-state index in [0.717, 1.165) is 11.6 Å². The van der Waals surface area contributed by atoms with E-state index in [1.54, 1.807) is 18.3 Å². The largest absolute Gasteiger partial charge is 0.481 e. The smallest absolute Gasteiger partial charge is 0.254 e. The van der Waals surface area contributed by atoms with Gasteiger partial charge in [-0.3, -0.25) is 4.79 Å². The molecular weight excluding hydrogens is 347 g/mol. The second-order valence-corrected chi connectivity index (χ2v) is 6.53. The summed E-state index contributed by atoms with van der Waals surface area (Å²) in [7, 11) is 1.52. The Morgan fingerprint density at radius 1 is 1.40 bits per heavy atom. The van der Waals surface area contributed by atoms with Crippen LogP contribution in [-0.4, -0.2) is 29.2 Å². The zero-order chi connectivity index (χ0) is 18.0. The number of methoxy groups -OCH3 is 1. The SMILES string of the molecule is COc1ccc([C@H](NC(=O)c2ccc(Cl)cc2F)C2CC(O)C2)cn1. The zero-order valence-corrected chi connectivity index (χ0v) is 14.3. The lowest BCUT2D eigenvalue weighted by Crippen LogP contribution is -2.41. The van der Waals surface area contributed by atoms with E-state index in [9.17, 15) is 14.3 Å². The van der Waals surface area contributed by atoms with Crippen molar-refractivity contribution in [2.75, 3.05) is 7.11 Å². The number of ether oxygens (including phenoxy) is 1. The fourth-order valence-corrected chi connectivity index (χ4v) is 3.12. The van der Waals surface area contributed by atoms with Crippen LogP contribution in [-0.2, 0) is 0 Å². The first-order valence-electron chi connectivity index (χ1n) is 7.92. The first-order valence-corrected chi connectivity index (χ1v) is 8.29. The average molecular weight is 365 g/mol. The van der Waals surface area contributed by atoms with E-state index < -0.39 is 11.7 Å². The Balaban J connectivity index is 1.83. The zero-order valence-electron chi connectivity index (χ0n) is 13.6. The van der Waals surface area contributed by atoms with Crippen molar-refractivity contribution in [1.29, 1.82) is 0 Å². The van der Waals surface area contributed by atoms with Crippen molar-refractivity contribution in [1.82, 2.24) is 10.3 Å². The summed E-state index contributed by atoms with van der Waals surface area (Å²) in [5.41, 5.74) is 0.705. The Bertz CT molecular complexity index is 763. The van der Waals surface area contributed by atoms with Gasteiger partial charge in [0.15, 0.2) is 0 Å². The highest BCUT2D eigenvalue weighted by molar-refractivity contribution is 6.30. The third kappa shape index (κ3) is 3.91. The molecule has 25 heavy (non-hydrogen) atoms. The molecule has 1 saturated carbocycles. The van der Waals surface area contributed by atoms with E-state index >= 15 is 0 Å². The summed E-state index contributed by atoms with van der Waals surface area (Å²) in [4.78, 5) is 16.7. The molecule has 1 aromatic heterocycles. The number of pyridine rings is 1. The van der Waals surface area contributed by atoms with Crippen LogP contribution >= 0.6 is 11.6 Å². The van der Waals surface area contributed by atoms with Crippen molar-refractivity contribution in [3.05, 3.63) is 58.5 Å². The first kappa shape index (κ1) is 17.6. The summed E-state index contributed by atoms with van der Waals surface area (Å²) < 4.78 is 19.0. The average Bonchev–Trinajstić information content (AvgIpc) is 2.57. The summed E-state index contributed by atoms with van der Waals surface area (Å²) in [5.74, 6) is -0.683. The molecule has 1 fully saturated rings. The van der Waals surface area contributed by atoms with E-state index in [0.29, 0.717) is 18.7 Å².